The largest absolute Gasteiger partial charge is 0.497 e. The van der Waals surface area contributed by atoms with Crippen LogP contribution in [-0.2, 0) is 6.42 Å². The molecule has 0 aliphatic rings. The van der Waals surface area contributed by atoms with Crippen LogP contribution in [0.3, 0.4) is 0 Å². The smallest absolute Gasteiger partial charge is 0.259 e. The first-order chi connectivity index (χ1) is 10.9. The molecule has 0 saturated heterocycles. The molecule has 0 aliphatic carbocycles. The molecule has 1 aromatic heterocycles. The fourth-order valence-electron chi connectivity index (χ4n) is 2.42. The molecule has 23 heavy (non-hydrogen) atoms. The molecule has 0 atom stereocenters. The highest BCUT2D eigenvalue weighted by Gasteiger charge is 2.24. The Hall–Kier alpha value is -2.30. The van der Waals surface area contributed by atoms with Gasteiger partial charge in [-0.15, -0.1) is 0 Å². The van der Waals surface area contributed by atoms with Gasteiger partial charge < -0.3 is 14.2 Å². The van der Waals surface area contributed by atoms with Crippen LogP contribution in [-0.4, -0.2) is 36.7 Å². The van der Waals surface area contributed by atoms with E-state index in [4.69, 9.17) is 9.26 Å². The van der Waals surface area contributed by atoms with Crippen LogP contribution in [0, 0.1) is 6.92 Å². The van der Waals surface area contributed by atoms with E-state index in [9.17, 15) is 4.79 Å². The Morgan fingerprint density at radius 3 is 2.52 bits per heavy atom. The highest BCUT2D eigenvalue weighted by molar-refractivity contribution is 5.96. The fraction of sp³-hybridized carbons (Fsp3) is 0.444. The molecular weight excluding hydrogens is 292 g/mol. The number of hydrogen-bond donors (Lipinski definition) is 0. The molecule has 0 bridgehead atoms. The van der Waals surface area contributed by atoms with E-state index in [1.165, 1.54) is 0 Å². The zero-order chi connectivity index (χ0) is 17.0. The third-order valence-corrected chi connectivity index (χ3v) is 3.87. The van der Waals surface area contributed by atoms with Crippen molar-refractivity contribution in [1.29, 1.82) is 0 Å². The Morgan fingerprint density at radius 2 is 1.96 bits per heavy atom. The zero-order valence-electron chi connectivity index (χ0n) is 14.4. The number of ether oxygens (including phenoxy) is 1. The number of aryl methyl sites for hydroxylation is 1. The van der Waals surface area contributed by atoms with Gasteiger partial charge in [-0.05, 0) is 31.0 Å². The lowest BCUT2D eigenvalue weighted by molar-refractivity contribution is 0.0793. The van der Waals surface area contributed by atoms with Gasteiger partial charge in [0.1, 0.15) is 11.3 Å². The number of likely N-dealkylation sites (N-methyl/N-ethyl adjacent to an activating group) is 1. The third-order valence-electron chi connectivity index (χ3n) is 3.87. The number of hydrogen-bond acceptors (Lipinski definition) is 4. The van der Waals surface area contributed by atoms with Crippen molar-refractivity contribution in [2.75, 3.05) is 20.7 Å². The number of methoxy groups -OCH3 is 1. The molecule has 0 N–H and O–H groups in total. The van der Waals surface area contributed by atoms with E-state index in [-0.39, 0.29) is 11.8 Å². The zero-order valence-corrected chi connectivity index (χ0v) is 14.4. The Morgan fingerprint density at radius 1 is 1.30 bits per heavy atom. The lowest BCUT2D eigenvalue weighted by Gasteiger charge is -2.18. The van der Waals surface area contributed by atoms with E-state index in [0.29, 0.717) is 23.6 Å². The molecule has 2 rings (SSSR count). The van der Waals surface area contributed by atoms with E-state index < -0.39 is 0 Å². The van der Waals surface area contributed by atoms with E-state index in [2.05, 4.69) is 5.16 Å². The normalized spacial score (nSPS) is 10.9. The van der Waals surface area contributed by atoms with Crippen molar-refractivity contribution >= 4 is 5.91 Å². The van der Waals surface area contributed by atoms with Crippen molar-refractivity contribution in [3.8, 4) is 5.75 Å². The van der Waals surface area contributed by atoms with Crippen LogP contribution in [0.15, 0.2) is 28.8 Å². The first-order valence-electron chi connectivity index (χ1n) is 7.78. The molecule has 0 fully saturated rings. The minimum absolute atomic E-state index is 0.0408. The topological polar surface area (TPSA) is 55.6 Å². The summed E-state index contributed by atoms with van der Waals surface area (Å²) < 4.78 is 10.5. The molecule has 124 valence electrons. The molecule has 5 heteroatoms. The van der Waals surface area contributed by atoms with Crippen molar-refractivity contribution < 1.29 is 14.1 Å². The summed E-state index contributed by atoms with van der Waals surface area (Å²) >= 11 is 0. The molecule has 0 aliphatic heterocycles. The maximum atomic E-state index is 12.7. The summed E-state index contributed by atoms with van der Waals surface area (Å²) in [7, 11) is 3.46. The van der Waals surface area contributed by atoms with Crippen LogP contribution in [0.2, 0.25) is 0 Å². The minimum Gasteiger partial charge on any atom is -0.497 e. The van der Waals surface area contributed by atoms with Gasteiger partial charge in [-0.25, -0.2) is 0 Å². The van der Waals surface area contributed by atoms with Crippen LogP contribution in [0.1, 0.15) is 47.1 Å². The van der Waals surface area contributed by atoms with Gasteiger partial charge in [0.15, 0.2) is 5.76 Å². The molecule has 1 aromatic carbocycles. The van der Waals surface area contributed by atoms with E-state index in [1.807, 2.05) is 45.2 Å². The third kappa shape index (κ3) is 3.92. The summed E-state index contributed by atoms with van der Waals surface area (Å²) in [5, 5.41) is 3.94. The van der Waals surface area contributed by atoms with Gasteiger partial charge >= 0.3 is 0 Å². The lowest BCUT2D eigenvalue weighted by Crippen LogP contribution is -2.29. The standard InChI is InChI=1S/C18H24N2O3/c1-12(2)17-16(13(3)19-23-17)18(21)20(4)11-10-14-6-8-15(22-5)9-7-14/h6-9,12H,10-11H2,1-5H3. The van der Waals surface area contributed by atoms with Gasteiger partial charge in [0.25, 0.3) is 5.91 Å². The minimum atomic E-state index is -0.0408. The maximum absolute atomic E-state index is 12.7. The first-order valence-corrected chi connectivity index (χ1v) is 7.78. The monoisotopic (exact) mass is 316 g/mol. The second-order valence-electron chi connectivity index (χ2n) is 5.99. The Balaban J connectivity index is 2.04. The Bertz CT molecular complexity index is 659. The second kappa shape index (κ2) is 7.31. The van der Waals surface area contributed by atoms with E-state index in [0.717, 1.165) is 17.7 Å². The number of benzene rings is 1. The molecule has 0 unspecified atom stereocenters. The lowest BCUT2D eigenvalue weighted by atomic mass is 10.0. The molecule has 0 saturated carbocycles. The number of amides is 1. The molecule has 5 nitrogen and oxygen atoms in total. The summed E-state index contributed by atoms with van der Waals surface area (Å²) in [5.74, 6) is 1.58. The highest BCUT2D eigenvalue weighted by atomic mass is 16.5. The van der Waals surface area contributed by atoms with E-state index in [1.54, 1.807) is 18.9 Å². The van der Waals surface area contributed by atoms with Crippen LogP contribution >= 0.6 is 0 Å². The average molecular weight is 316 g/mol. The van der Waals surface area contributed by atoms with Gasteiger partial charge in [-0.2, -0.15) is 0 Å². The fourth-order valence-corrected chi connectivity index (χ4v) is 2.42. The van der Waals surface area contributed by atoms with Gasteiger partial charge in [0.2, 0.25) is 0 Å². The predicted octanol–water partition coefficient (Wildman–Crippen LogP) is 3.43. The Labute approximate surface area is 137 Å². The maximum Gasteiger partial charge on any atom is 0.259 e. The summed E-state index contributed by atoms with van der Waals surface area (Å²) in [4.78, 5) is 14.4. The quantitative estimate of drug-likeness (QED) is 0.819. The molecular formula is C18H24N2O3. The number of carbonyl (C=O) groups is 1. The van der Waals surface area contributed by atoms with Crippen LogP contribution in [0.5, 0.6) is 5.75 Å². The SMILES string of the molecule is COc1ccc(CCN(C)C(=O)c2c(C)noc2C(C)C)cc1. The van der Waals surface area contributed by atoms with Crippen LogP contribution < -0.4 is 4.74 Å². The van der Waals surface area contributed by atoms with Crippen LogP contribution in [0.25, 0.3) is 0 Å². The molecule has 2 aromatic rings. The molecule has 1 heterocycles. The van der Waals surface area contributed by atoms with Crippen molar-refractivity contribution in [2.45, 2.75) is 33.1 Å². The van der Waals surface area contributed by atoms with Gasteiger partial charge in [0.05, 0.1) is 12.8 Å². The van der Waals surface area contributed by atoms with Crippen molar-refractivity contribution in [3.05, 3.63) is 46.8 Å². The number of carbonyl (C=O) groups excluding carboxylic acids is 1. The van der Waals surface area contributed by atoms with Crippen molar-refractivity contribution in [1.82, 2.24) is 10.1 Å². The van der Waals surface area contributed by atoms with Gasteiger partial charge in [-0.1, -0.05) is 31.1 Å². The van der Waals surface area contributed by atoms with Crippen molar-refractivity contribution in [3.63, 3.8) is 0 Å². The Kier molecular flexibility index (Phi) is 5.42. The summed E-state index contributed by atoms with van der Waals surface area (Å²) in [6.45, 7) is 6.43. The highest BCUT2D eigenvalue weighted by Crippen LogP contribution is 2.23. The predicted molar refractivity (Wildman–Crippen MR) is 89.0 cm³/mol. The van der Waals surface area contributed by atoms with Crippen LogP contribution in [0.4, 0.5) is 0 Å². The van der Waals surface area contributed by atoms with Gasteiger partial charge in [-0.3, -0.25) is 4.79 Å². The number of nitrogens with zero attached hydrogens (tertiary/aromatic N) is 2. The molecule has 0 spiro atoms. The van der Waals surface area contributed by atoms with Crippen molar-refractivity contribution in [2.24, 2.45) is 0 Å². The molecule has 0 radical (unpaired) electrons. The number of rotatable bonds is 6. The summed E-state index contributed by atoms with van der Waals surface area (Å²) in [5.41, 5.74) is 2.41. The number of aromatic nitrogens is 1. The van der Waals surface area contributed by atoms with Gasteiger partial charge in [0, 0.05) is 19.5 Å². The first kappa shape index (κ1) is 17.1. The van der Waals surface area contributed by atoms with E-state index >= 15 is 0 Å². The summed E-state index contributed by atoms with van der Waals surface area (Å²) in [6, 6.07) is 7.89. The molecule has 1 amide bonds. The summed E-state index contributed by atoms with van der Waals surface area (Å²) in [6.07, 6.45) is 0.785. The average Bonchev–Trinajstić information content (AvgIpc) is 2.94. The second-order valence-corrected chi connectivity index (χ2v) is 5.99.